The summed E-state index contributed by atoms with van der Waals surface area (Å²) in [5, 5.41) is 12.1. The molecule has 0 fully saturated rings. The number of benzene rings is 6. The van der Waals surface area contributed by atoms with Crippen LogP contribution in [-0.2, 0) is 10.8 Å². The summed E-state index contributed by atoms with van der Waals surface area (Å²) in [6.07, 6.45) is 1.78. The van der Waals surface area contributed by atoms with Gasteiger partial charge in [-0.1, -0.05) is 138 Å². The number of aryl methyl sites for hydroxylation is 1. The van der Waals surface area contributed by atoms with E-state index in [4.69, 9.17) is 14.1 Å². The number of phenols is 1. The van der Waals surface area contributed by atoms with Gasteiger partial charge in [-0.05, 0) is 106 Å². The Hall–Kier alpha value is -6.26. The van der Waals surface area contributed by atoms with E-state index in [0.717, 1.165) is 72.5 Å². The summed E-state index contributed by atoms with van der Waals surface area (Å²) < 4.78 is 26.1. The number of aromatic hydroxyl groups is 1. The highest BCUT2D eigenvalue weighted by Gasteiger charge is 2.28. The summed E-state index contributed by atoms with van der Waals surface area (Å²) in [4.78, 5) is 10.3. The molecule has 55 heavy (non-hydrogen) atoms. The predicted molar refractivity (Wildman–Crippen MR) is 230 cm³/mol. The van der Waals surface area contributed by atoms with Crippen LogP contribution in [0.5, 0.6) is 5.75 Å². The molecule has 2 aromatic heterocycles. The van der Waals surface area contributed by atoms with Gasteiger partial charge < -0.3 is 5.11 Å². The lowest BCUT2D eigenvalue weighted by Gasteiger charge is -2.27. The van der Waals surface area contributed by atoms with E-state index in [9.17, 15) is 5.11 Å². The molecule has 0 spiro atoms. The second-order valence-corrected chi connectivity index (χ2v) is 16.4. The minimum absolute atomic E-state index is 0.172. The minimum Gasteiger partial charge on any atom is -0.507 e. The number of imidazole rings is 1. The van der Waals surface area contributed by atoms with Crippen molar-refractivity contribution in [3.8, 4) is 67.5 Å². The van der Waals surface area contributed by atoms with Crippen molar-refractivity contribution in [2.75, 3.05) is 0 Å². The van der Waals surface area contributed by atoms with E-state index < -0.39 is 6.85 Å². The molecule has 0 saturated carbocycles. The van der Waals surface area contributed by atoms with Crippen molar-refractivity contribution >= 4 is 11.0 Å². The van der Waals surface area contributed by atoms with E-state index in [2.05, 4.69) is 119 Å². The Labute approximate surface area is 329 Å². The Balaban J connectivity index is 1.38. The summed E-state index contributed by atoms with van der Waals surface area (Å²) in [5.41, 5.74) is 12.5. The molecule has 0 aliphatic rings. The van der Waals surface area contributed by atoms with E-state index >= 15 is 0 Å². The maximum atomic E-state index is 12.1. The number of para-hydroxylation sites is 2. The molecule has 0 bridgehead atoms. The fourth-order valence-electron chi connectivity index (χ4n) is 7.36. The minimum atomic E-state index is -2.21. The van der Waals surface area contributed by atoms with Gasteiger partial charge in [0.1, 0.15) is 11.6 Å². The maximum absolute atomic E-state index is 12.1. The molecule has 1 N–H and O–H groups in total. The second-order valence-electron chi connectivity index (χ2n) is 16.4. The van der Waals surface area contributed by atoms with Gasteiger partial charge in [-0.2, -0.15) is 0 Å². The molecule has 272 valence electrons. The summed E-state index contributed by atoms with van der Waals surface area (Å²) in [6.45, 7) is 10.8. The van der Waals surface area contributed by atoms with Crippen LogP contribution in [0.4, 0.5) is 0 Å². The van der Waals surface area contributed by atoms with Crippen LogP contribution >= 0.6 is 0 Å². The monoisotopic (exact) mass is 720 g/mol. The quantitative estimate of drug-likeness (QED) is 0.186. The number of rotatable bonds is 6. The Kier molecular flexibility index (Phi) is 8.11. The summed E-state index contributed by atoms with van der Waals surface area (Å²) in [5.74, 6) is 0.897. The van der Waals surface area contributed by atoms with E-state index in [1.807, 2.05) is 54.6 Å². The molecule has 4 nitrogen and oxygen atoms in total. The first-order valence-corrected chi connectivity index (χ1v) is 18.8. The van der Waals surface area contributed by atoms with Crippen LogP contribution in [0.2, 0.25) is 0 Å². The first-order valence-electron chi connectivity index (χ1n) is 20.3. The van der Waals surface area contributed by atoms with Gasteiger partial charge in [-0.15, -0.1) is 0 Å². The second kappa shape index (κ2) is 13.9. The summed E-state index contributed by atoms with van der Waals surface area (Å²) in [6, 6.07) is 48.6. The Morgan fingerprint density at radius 3 is 1.96 bits per heavy atom. The number of nitrogens with zero attached hydrogens (tertiary/aromatic N) is 3. The molecule has 0 atom stereocenters. The van der Waals surface area contributed by atoms with Crippen LogP contribution in [0.1, 0.15) is 62.3 Å². The molecule has 0 saturated heterocycles. The van der Waals surface area contributed by atoms with E-state index in [-0.39, 0.29) is 16.6 Å². The third kappa shape index (κ3) is 6.97. The number of hydrogen-bond acceptors (Lipinski definition) is 3. The van der Waals surface area contributed by atoms with Crippen molar-refractivity contribution in [2.45, 2.75) is 59.2 Å². The number of pyridine rings is 1. The van der Waals surface area contributed by atoms with Gasteiger partial charge in [-0.25, -0.2) is 4.98 Å². The van der Waals surface area contributed by atoms with Gasteiger partial charge in [0.25, 0.3) is 0 Å². The lowest BCUT2D eigenvalue weighted by Crippen LogP contribution is -2.17. The molecule has 0 aliphatic heterocycles. The van der Waals surface area contributed by atoms with Crippen LogP contribution in [-0.4, -0.2) is 19.6 Å². The molecular weight excluding hydrogens is 671 g/mol. The fraction of sp³-hybridized carbons (Fsp3) is 0.176. The SMILES string of the molecule is [2H]C([2H])([2H])c1cccc(-c2ccnc(-c3cc(-c4ccccc4)cc(-c4cccc5c4nc(-c4cc(C(C)(C)C)cc(C(C)(C)C)c4O)n5-c4ccccc4)c3)c2)c1. The van der Waals surface area contributed by atoms with Crippen molar-refractivity contribution in [3.63, 3.8) is 0 Å². The Morgan fingerprint density at radius 2 is 1.24 bits per heavy atom. The Bertz CT molecular complexity index is 2790. The average molecular weight is 721 g/mol. The first-order chi connectivity index (χ1) is 27.6. The van der Waals surface area contributed by atoms with Crippen molar-refractivity contribution in [2.24, 2.45) is 0 Å². The van der Waals surface area contributed by atoms with Crippen LogP contribution in [0.3, 0.4) is 0 Å². The van der Waals surface area contributed by atoms with E-state index in [1.165, 1.54) is 0 Å². The van der Waals surface area contributed by atoms with Gasteiger partial charge in [-0.3, -0.25) is 9.55 Å². The van der Waals surface area contributed by atoms with Gasteiger partial charge in [0, 0.05) is 32.7 Å². The highest BCUT2D eigenvalue weighted by Crippen LogP contribution is 2.45. The third-order valence-electron chi connectivity index (χ3n) is 10.3. The molecular formula is C51H47N3O. The molecule has 0 unspecified atom stereocenters. The number of fused-ring (bicyclic) bond motifs is 1. The standard InChI is InChI=1S/C51H47N3O/c1-33-16-14-19-35(26-33)36-24-25-52-45(30-36)39-28-37(34-17-10-8-11-18-34)27-38(29-39)42-22-15-23-46-47(42)53-49(54(46)41-20-12-9-13-21-41)43-31-40(50(2,3)4)32-44(48(43)55)51(5,6)7/h8-32,55H,1-7H3/i1D3. The zero-order valence-electron chi connectivity index (χ0n) is 35.2. The third-order valence-corrected chi connectivity index (χ3v) is 10.3. The molecule has 0 radical (unpaired) electrons. The first kappa shape index (κ1) is 32.2. The normalized spacial score (nSPS) is 13.0. The lowest BCUT2D eigenvalue weighted by molar-refractivity contribution is 0.446. The molecule has 6 aromatic carbocycles. The molecule has 0 aliphatic carbocycles. The fourth-order valence-corrected chi connectivity index (χ4v) is 7.36. The van der Waals surface area contributed by atoms with E-state index in [0.29, 0.717) is 17.0 Å². The summed E-state index contributed by atoms with van der Waals surface area (Å²) >= 11 is 0. The van der Waals surface area contributed by atoms with Crippen molar-refractivity contribution < 1.29 is 9.22 Å². The highest BCUT2D eigenvalue weighted by atomic mass is 16.3. The topological polar surface area (TPSA) is 50.9 Å². The Morgan fingerprint density at radius 1 is 0.564 bits per heavy atom. The van der Waals surface area contributed by atoms with Crippen LogP contribution in [0.25, 0.3) is 72.7 Å². The van der Waals surface area contributed by atoms with Crippen LogP contribution in [0.15, 0.2) is 152 Å². The summed E-state index contributed by atoms with van der Waals surface area (Å²) in [7, 11) is 0. The van der Waals surface area contributed by atoms with Gasteiger partial charge in [0.2, 0.25) is 0 Å². The molecule has 8 rings (SSSR count). The molecule has 2 heterocycles. The van der Waals surface area contributed by atoms with Crippen LogP contribution < -0.4 is 0 Å². The average Bonchev–Trinajstić information content (AvgIpc) is 3.60. The number of phenolic OH excluding ortho intramolecular Hbond substituents is 1. The lowest BCUT2D eigenvalue weighted by atomic mass is 9.79. The van der Waals surface area contributed by atoms with Gasteiger partial charge in [0.05, 0.1) is 22.3 Å². The van der Waals surface area contributed by atoms with E-state index in [1.54, 1.807) is 24.4 Å². The maximum Gasteiger partial charge on any atom is 0.149 e. The van der Waals surface area contributed by atoms with Crippen molar-refractivity contribution in [1.82, 2.24) is 14.5 Å². The molecule has 8 aromatic rings. The van der Waals surface area contributed by atoms with Gasteiger partial charge in [0.15, 0.2) is 0 Å². The molecule has 4 heteroatoms. The van der Waals surface area contributed by atoms with Crippen LogP contribution in [0, 0.1) is 6.85 Å². The number of aromatic nitrogens is 3. The number of hydrogen-bond donors (Lipinski definition) is 1. The largest absolute Gasteiger partial charge is 0.507 e. The van der Waals surface area contributed by atoms with Gasteiger partial charge >= 0.3 is 0 Å². The van der Waals surface area contributed by atoms with Crippen molar-refractivity contribution in [3.05, 3.63) is 168 Å². The highest BCUT2D eigenvalue weighted by molar-refractivity contribution is 5.97. The molecule has 0 amide bonds. The zero-order chi connectivity index (χ0) is 41.0. The predicted octanol–water partition coefficient (Wildman–Crippen LogP) is 13.4. The zero-order valence-corrected chi connectivity index (χ0v) is 32.2. The van der Waals surface area contributed by atoms with Crippen molar-refractivity contribution in [1.29, 1.82) is 0 Å². The smallest absolute Gasteiger partial charge is 0.149 e.